The number of hydrogen-bond acceptors (Lipinski definition) is 3. The molecule has 1 atom stereocenters. The van der Waals surface area contributed by atoms with Gasteiger partial charge in [0.1, 0.15) is 5.60 Å². The molecule has 0 radical (unpaired) electrons. The van der Waals surface area contributed by atoms with Crippen LogP contribution in [0.25, 0.3) is 0 Å². The van der Waals surface area contributed by atoms with E-state index in [1.165, 1.54) is 31.2 Å². The Morgan fingerprint density at radius 1 is 1.36 bits per heavy atom. The van der Waals surface area contributed by atoms with E-state index in [1.54, 1.807) is 0 Å². The zero-order valence-electron chi connectivity index (χ0n) is 7.77. The van der Waals surface area contributed by atoms with Crippen LogP contribution in [0.1, 0.15) is 22.8 Å². The summed E-state index contributed by atoms with van der Waals surface area (Å²) in [6.45, 7) is 1.06. The third-order valence-electron chi connectivity index (χ3n) is 2.06. The molecule has 4 nitrogen and oxygen atoms in total. The van der Waals surface area contributed by atoms with Crippen LogP contribution in [0.5, 0.6) is 0 Å². The van der Waals surface area contributed by atoms with E-state index in [2.05, 4.69) is 0 Å². The molecule has 0 heterocycles. The topological polar surface area (TPSA) is 77.8 Å². The summed E-state index contributed by atoms with van der Waals surface area (Å²) in [6.07, 6.45) is 0. The second-order valence-electron chi connectivity index (χ2n) is 3.31. The van der Waals surface area contributed by atoms with Crippen LogP contribution in [-0.2, 0) is 5.60 Å². The van der Waals surface area contributed by atoms with Crippen molar-refractivity contribution in [2.45, 2.75) is 12.5 Å². The maximum Gasteiger partial charge on any atom is 0.335 e. The lowest BCUT2D eigenvalue weighted by Gasteiger charge is -2.20. The minimum absolute atomic E-state index is 0.155. The van der Waals surface area contributed by atoms with Gasteiger partial charge < -0.3 is 15.3 Å². The number of carboxylic acid groups (broad SMARTS) is 1. The number of aliphatic hydroxyl groups is 2. The van der Waals surface area contributed by atoms with Gasteiger partial charge in [0.05, 0.1) is 12.2 Å². The molecule has 0 unspecified atom stereocenters. The third kappa shape index (κ3) is 2.10. The molecule has 0 amide bonds. The van der Waals surface area contributed by atoms with Gasteiger partial charge in [-0.2, -0.15) is 0 Å². The molecule has 0 saturated heterocycles. The Bertz CT molecular complexity index is 326. The van der Waals surface area contributed by atoms with Gasteiger partial charge in [-0.1, -0.05) is 12.1 Å². The van der Waals surface area contributed by atoms with Gasteiger partial charge in [0.2, 0.25) is 0 Å². The molecule has 0 spiro atoms. The first kappa shape index (κ1) is 10.7. The minimum Gasteiger partial charge on any atom is -0.478 e. The van der Waals surface area contributed by atoms with Crippen molar-refractivity contribution in [2.75, 3.05) is 6.61 Å². The van der Waals surface area contributed by atoms with Crippen LogP contribution in [0, 0.1) is 0 Å². The van der Waals surface area contributed by atoms with Crippen molar-refractivity contribution in [3.8, 4) is 0 Å². The highest BCUT2D eigenvalue weighted by Crippen LogP contribution is 2.19. The van der Waals surface area contributed by atoms with E-state index >= 15 is 0 Å². The Morgan fingerprint density at radius 3 is 2.21 bits per heavy atom. The Hall–Kier alpha value is -1.39. The fraction of sp³-hybridized carbons (Fsp3) is 0.300. The molecular weight excluding hydrogens is 184 g/mol. The number of benzene rings is 1. The Morgan fingerprint density at radius 2 is 1.86 bits per heavy atom. The van der Waals surface area contributed by atoms with E-state index in [0.717, 1.165) is 0 Å². The molecule has 1 aromatic carbocycles. The number of rotatable bonds is 3. The van der Waals surface area contributed by atoms with Crippen molar-refractivity contribution >= 4 is 5.97 Å². The normalized spacial score (nSPS) is 14.8. The lowest BCUT2D eigenvalue weighted by atomic mass is 9.96. The predicted molar refractivity (Wildman–Crippen MR) is 50.1 cm³/mol. The number of carboxylic acids is 1. The quantitative estimate of drug-likeness (QED) is 0.661. The van der Waals surface area contributed by atoms with Gasteiger partial charge in [-0.15, -0.1) is 0 Å². The summed E-state index contributed by atoms with van der Waals surface area (Å²) in [5, 5.41) is 27.1. The summed E-state index contributed by atoms with van der Waals surface area (Å²) in [6, 6.07) is 5.75. The number of aliphatic hydroxyl groups excluding tert-OH is 1. The molecule has 0 aliphatic heterocycles. The van der Waals surface area contributed by atoms with Crippen molar-refractivity contribution < 1.29 is 20.1 Å². The van der Waals surface area contributed by atoms with Gasteiger partial charge in [-0.25, -0.2) is 4.79 Å². The molecule has 0 aliphatic rings. The zero-order chi connectivity index (χ0) is 10.8. The SMILES string of the molecule is C[C@@](O)(CO)c1ccc(C(=O)O)cc1. The molecule has 0 fully saturated rings. The van der Waals surface area contributed by atoms with Crippen molar-refractivity contribution in [3.05, 3.63) is 35.4 Å². The molecule has 14 heavy (non-hydrogen) atoms. The van der Waals surface area contributed by atoms with Crippen LogP contribution in [0.15, 0.2) is 24.3 Å². The molecule has 1 rings (SSSR count). The predicted octanol–water partition coefficient (Wildman–Crippen LogP) is 0.585. The summed E-state index contributed by atoms with van der Waals surface area (Å²) >= 11 is 0. The van der Waals surface area contributed by atoms with Gasteiger partial charge in [-0.05, 0) is 24.6 Å². The Kier molecular flexibility index (Phi) is 2.88. The molecule has 0 bridgehead atoms. The Labute approximate surface area is 81.4 Å². The maximum absolute atomic E-state index is 10.5. The summed E-state index contributed by atoms with van der Waals surface area (Å²) in [4.78, 5) is 10.5. The lowest BCUT2D eigenvalue weighted by Crippen LogP contribution is -2.25. The summed E-state index contributed by atoms with van der Waals surface area (Å²) in [5.41, 5.74) is -0.677. The fourth-order valence-corrected chi connectivity index (χ4v) is 1.06. The standard InChI is InChI=1S/C10H12O4/c1-10(14,6-11)8-4-2-7(3-5-8)9(12)13/h2-5,11,14H,6H2,1H3,(H,12,13)/t10-/m1/s1. The number of hydrogen-bond donors (Lipinski definition) is 3. The molecule has 0 saturated carbocycles. The van der Waals surface area contributed by atoms with Crippen LogP contribution in [0.2, 0.25) is 0 Å². The number of carbonyl (C=O) groups is 1. The highest BCUT2D eigenvalue weighted by atomic mass is 16.4. The average molecular weight is 196 g/mol. The molecule has 76 valence electrons. The molecule has 0 aromatic heterocycles. The van der Waals surface area contributed by atoms with E-state index in [1.807, 2.05) is 0 Å². The number of aromatic carboxylic acids is 1. The van der Waals surface area contributed by atoms with Gasteiger partial charge in [0.15, 0.2) is 0 Å². The Balaban J connectivity index is 2.99. The largest absolute Gasteiger partial charge is 0.478 e. The highest BCUT2D eigenvalue weighted by molar-refractivity contribution is 5.87. The smallest absolute Gasteiger partial charge is 0.335 e. The first-order valence-electron chi connectivity index (χ1n) is 4.14. The van der Waals surface area contributed by atoms with Crippen molar-refractivity contribution in [1.82, 2.24) is 0 Å². The van der Waals surface area contributed by atoms with Crippen LogP contribution in [0.4, 0.5) is 0 Å². The lowest BCUT2D eigenvalue weighted by molar-refractivity contribution is -0.00231. The molecule has 4 heteroatoms. The maximum atomic E-state index is 10.5. The second kappa shape index (κ2) is 3.77. The van der Waals surface area contributed by atoms with E-state index < -0.39 is 18.2 Å². The van der Waals surface area contributed by atoms with Crippen molar-refractivity contribution in [2.24, 2.45) is 0 Å². The van der Waals surface area contributed by atoms with E-state index in [0.29, 0.717) is 5.56 Å². The van der Waals surface area contributed by atoms with E-state index in [4.69, 9.17) is 10.2 Å². The van der Waals surface area contributed by atoms with E-state index in [-0.39, 0.29) is 5.56 Å². The monoisotopic (exact) mass is 196 g/mol. The summed E-state index contributed by atoms with van der Waals surface area (Å²) in [5.74, 6) is -1.01. The van der Waals surface area contributed by atoms with Crippen LogP contribution >= 0.6 is 0 Å². The zero-order valence-corrected chi connectivity index (χ0v) is 7.77. The van der Waals surface area contributed by atoms with Crippen LogP contribution in [-0.4, -0.2) is 27.9 Å². The highest BCUT2D eigenvalue weighted by Gasteiger charge is 2.21. The van der Waals surface area contributed by atoms with Crippen molar-refractivity contribution in [3.63, 3.8) is 0 Å². The first-order valence-corrected chi connectivity index (χ1v) is 4.14. The summed E-state index contributed by atoms with van der Waals surface area (Å²) in [7, 11) is 0. The summed E-state index contributed by atoms with van der Waals surface area (Å²) < 4.78 is 0. The fourth-order valence-electron chi connectivity index (χ4n) is 1.06. The average Bonchev–Trinajstić information content (AvgIpc) is 2.18. The van der Waals surface area contributed by atoms with Crippen LogP contribution < -0.4 is 0 Å². The van der Waals surface area contributed by atoms with Gasteiger partial charge >= 0.3 is 5.97 Å². The van der Waals surface area contributed by atoms with Gasteiger partial charge in [-0.3, -0.25) is 0 Å². The van der Waals surface area contributed by atoms with Gasteiger partial charge in [0.25, 0.3) is 0 Å². The van der Waals surface area contributed by atoms with Crippen molar-refractivity contribution in [1.29, 1.82) is 0 Å². The molecule has 1 aromatic rings. The van der Waals surface area contributed by atoms with E-state index in [9.17, 15) is 9.90 Å². The second-order valence-corrected chi connectivity index (χ2v) is 3.31. The molecular formula is C10H12O4. The first-order chi connectivity index (χ1) is 6.47. The molecule has 3 N–H and O–H groups in total. The van der Waals surface area contributed by atoms with Gasteiger partial charge in [0, 0.05) is 0 Å². The molecule has 0 aliphatic carbocycles. The van der Waals surface area contributed by atoms with Crippen LogP contribution in [0.3, 0.4) is 0 Å². The third-order valence-corrected chi connectivity index (χ3v) is 2.06. The minimum atomic E-state index is -1.32.